The highest BCUT2D eigenvalue weighted by atomic mass is 79.9. The van der Waals surface area contributed by atoms with Gasteiger partial charge in [0.25, 0.3) is 5.79 Å². The molecule has 2 aromatic carbocycles. The molecule has 27 heavy (non-hydrogen) atoms. The van der Waals surface area contributed by atoms with Gasteiger partial charge in [0.1, 0.15) is 0 Å². The summed E-state index contributed by atoms with van der Waals surface area (Å²) >= 11 is 3.43. The fourth-order valence-corrected chi connectivity index (χ4v) is 3.84. The molecule has 0 spiro atoms. The average Bonchev–Trinajstić information content (AvgIpc) is 3.02. The number of ether oxygens (including phenoxy) is 2. The third kappa shape index (κ3) is 3.25. The molecule has 138 valence electrons. The third-order valence-electron chi connectivity index (χ3n) is 4.72. The molecule has 0 bridgehead atoms. The van der Waals surface area contributed by atoms with Crippen LogP contribution in [0.5, 0.6) is 0 Å². The third-order valence-corrected chi connectivity index (χ3v) is 5.25. The number of benzene rings is 2. The van der Waals surface area contributed by atoms with Gasteiger partial charge in [0, 0.05) is 41.3 Å². The summed E-state index contributed by atoms with van der Waals surface area (Å²) in [4.78, 5) is 28.8. The molecule has 1 saturated heterocycles. The number of carbonyl (C=O) groups excluding carboxylic acids is 2. The van der Waals surface area contributed by atoms with E-state index in [9.17, 15) is 9.59 Å². The number of aromatic amines is 1. The molecule has 2 heterocycles. The summed E-state index contributed by atoms with van der Waals surface area (Å²) in [6.45, 7) is 3.11. The maximum atomic E-state index is 12.8. The quantitative estimate of drug-likeness (QED) is 0.492. The summed E-state index contributed by atoms with van der Waals surface area (Å²) in [6.07, 6.45) is 1.84. The number of hydrogen-bond acceptors (Lipinski definition) is 4. The number of carbonyl (C=O) groups is 2. The van der Waals surface area contributed by atoms with Gasteiger partial charge in [-0.2, -0.15) is 0 Å². The van der Waals surface area contributed by atoms with Crippen molar-refractivity contribution in [3.05, 3.63) is 70.3 Å². The Balaban J connectivity index is 1.88. The van der Waals surface area contributed by atoms with Crippen LogP contribution in [0.15, 0.2) is 59.2 Å². The van der Waals surface area contributed by atoms with Gasteiger partial charge in [-0.1, -0.05) is 46.3 Å². The molecule has 1 aliphatic rings. The standard InChI is InChI=1S/C21H18BrNO4/c1-21(2)26-19(24)18(20(25)27-21)17(12-7-9-13(22)10-8-12)15-11-23-16-6-4-3-5-14(15)16/h3-11,17-18,23H,1-2H3. The zero-order chi connectivity index (χ0) is 19.2. The van der Waals surface area contributed by atoms with Crippen LogP contribution in [-0.4, -0.2) is 22.7 Å². The van der Waals surface area contributed by atoms with Gasteiger partial charge < -0.3 is 14.5 Å². The Bertz CT molecular complexity index is 1000. The van der Waals surface area contributed by atoms with E-state index in [1.807, 2.05) is 54.7 Å². The maximum absolute atomic E-state index is 12.8. The normalized spacial score (nSPS) is 18.2. The largest absolute Gasteiger partial charge is 0.422 e. The lowest BCUT2D eigenvalue weighted by Crippen LogP contribution is -2.48. The Kier molecular flexibility index (Phi) is 4.30. The molecular weight excluding hydrogens is 410 g/mol. The summed E-state index contributed by atoms with van der Waals surface area (Å²) in [5, 5.41) is 0.954. The molecule has 6 heteroatoms. The van der Waals surface area contributed by atoms with E-state index >= 15 is 0 Å². The molecule has 1 N–H and O–H groups in total. The van der Waals surface area contributed by atoms with Gasteiger partial charge in [0.15, 0.2) is 5.92 Å². The minimum absolute atomic E-state index is 0.523. The topological polar surface area (TPSA) is 68.4 Å². The van der Waals surface area contributed by atoms with E-state index in [-0.39, 0.29) is 0 Å². The van der Waals surface area contributed by atoms with Crippen LogP contribution in [0.1, 0.15) is 30.9 Å². The molecule has 1 fully saturated rings. The molecule has 1 aliphatic heterocycles. The number of H-pyrrole nitrogens is 1. The van der Waals surface area contributed by atoms with Crippen molar-refractivity contribution in [2.45, 2.75) is 25.6 Å². The highest BCUT2D eigenvalue weighted by molar-refractivity contribution is 9.10. The maximum Gasteiger partial charge on any atom is 0.324 e. The number of para-hydroxylation sites is 1. The Morgan fingerprint density at radius 2 is 1.63 bits per heavy atom. The molecule has 0 amide bonds. The van der Waals surface area contributed by atoms with Crippen molar-refractivity contribution in [2.75, 3.05) is 0 Å². The van der Waals surface area contributed by atoms with Crippen molar-refractivity contribution in [1.82, 2.24) is 4.98 Å². The monoisotopic (exact) mass is 427 g/mol. The van der Waals surface area contributed by atoms with Crippen LogP contribution in [0.3, 0.4) is 0 Å². The first-order valence-electron chi connectivity index (χ1n) is 8.63. The van der Waals surface area contributed by atoms with Gasteiger partial charge >= 0.3 is 11.9 Å². The molecule has 3 aromatic rings. The Hall–Kier alpha value is -2.60. The van der Waals surface area contributed by atoms with Crippen LogP contribution < -0.4 is 0 Å². The first-order valence-corrected chi connectivity index (χ1v) is 9.42. The van der Waals surface area contributed by atoms with Crippen LogP contribution in [0, 0.1) is 5.92 Å². The molecule has 4 rings (SSSR count). The van der Waals surface area contributed by atoms with Crippen LogP contribution in [0.25, 0.3) is 10.9 Å². The zero-order valence-electron chi connectivity index (χ0n) is 14.9. The second-order valence-electron chi connectivity index (χ2n) is 7.04. The summed E-state index contributed by atoms with van der Waals surface area (Å²) in [5.74, 6) is -4.00. The van der Waals surface area contributed by atoms with Crippen molar-refractivity contribution in [3.63, 3.8) is 0 Å². The molecule has 1 unspecified atom stereocenters. The van der Waals surface area contributed by atoms with Crippen LogP contribution in [0.2, 0.25) is 0 Å². The van der Waals surface area contributed by atoms with E-state index in [0.717, 1.165) is 26.5 Å². The average molecular weight is 428 g/mol. The number of nitrogens with one attached hydrogen (secondary N) is 1. The summed E-state index contributed by atoms with van der Waals surface area (Å²) in [5.41, 5.74) is 2.63. The van der Waals surface area contributed by atoms with E-state index in [2.05, 4.69) is 20.9 Å². The lowest BCUT2D eigenvalue weighted by molar-refractivity contribution is -0.240. The number of fused-ring (bicyclic) bond motifs is 1. The summed E-state index contributed by atoms with van der Waals surface area (Å²) in [6, 6.07) is 15.4. The van der Waals surface area contributed by atoms with Crippen molar-refractivity contribution in [1.29, 1.82) is 0 Å². The molecule has 1 atom stereocenters. The molecule has 5 nitrogen and oxygen atoms in total. The van der Waals surface area contributed by atoms with Crippen LogP contribution in [-0.2, 0) is 19.1 Å². The Labute approximate surface area is 164 Å². The van der Waals surface area contributed by atoms with Gasteiger partial charge in [-0.25, -0.2) is 0 Å². The zero-order valence-corrected chi connectivity index (χ0v) is 16.4. The number of cyclic esters (lactones) is 2. The molecule has 0 saturated carbocycles. The van der Waals surface area contributed by atoms with Crippen molar-refractivity contribution in [3.8, 4) is 0 Å². The van der Waals surface area contributed by atoms with E-state index in [0.29, 0.717) is 0 Å². The predicted octanol–water partition coefficient (Wildman–Crippen LogP) is 4.51. The van der Waals surface area contributed by atoms with E-state index < -0.39 is 29.6 Å². The number of rotatable bonds is 3. The predicted molar refractivity (Wildman–Crippen MR) is 104 cm³/mol. The SMILES string of the molecule is CC1(C)OC(=O)C(C(c2ccc(Br)cc2)c2c[nH]c3ccccc23)C(=O)O1. The van der Waals surface area contributed by atoms with E-state index in [1.165, 1.54) is 0 Å². The highest BCUT2D eigenvalue weighted by Crippen LogP contribution is 2.40. The van der Waals surface area contributed by atoms with Crippen LogP contribution >= 0.6 is 15.9 Å². The molecular formula is C21H18BrNO4. The first-order chi connectivity index (χ1) is 12.9. The number of hydrogen-bond donors (Lipinski definition) is 1. The lowest BCUT2D eigenvalue weighted by Gasteiger charge is -2.36. The number of aromatic nitrogens is 1. The smallest absolute Gasteiger partial charge is 0.324 e. The highest BCUT2D eigenvalue weighted by Gasteiger charge is 2.48. The fraction of sp³-hybridized carbons (Fsp3) is 0.238. The number of esters is 2. The second kappa shape index (κ2) is 6.53. The van der Waals surface area contributed by atoms with Gasteiger partial charge in [-0.3, -0.25) is 9.59 Å². The van der Waals surface area contributed by atoms with E-state index in [1.54, 1.807) is 13.8 Å². The summed E-state index contributed by atoms with van der Waals surface area (Å²) in [7, 11) is 0. The van der Waals surface area contributed by atoms with Gasteiger partial charge in [-0.05, 0) is 29.3 Å². The minimum atomic E-state index is -1.25. The lowest BCUT2D eigenvalue weighted by atomic mass is 9.80. The first kappa shape index (κ1) is 17.8. The fourth-order valence-electron chi connectivity index (χ4n) is 3.57. The minimum Gasteiger partial charge on any atom is -0.422 e. The molecule has 0 radical (unpaired) electrons. The molecule has 1 aromatic heterocycles. The van der Waals surface area contributed by atoms with Crippen molar-refractivity contribution in [2.24, 2.45) is 5.92 Å². The van der Waals surface area contributed by atoms with E-state index in [4.69, 9.17) is 9.47 Å². The number of halogens is 1. The Morgan fingerprint density at radius 3 is 2.30 bits per heavy atom. The van der Waals surface area contributed by atoms with Crippen molar-refractivity contribution < 1.29 is 19.1 Å². The molecule has 0 aliphatic carbocycles. The Morgan fingerprint density at radius 1 is 1.00 bits per heavy atom. The van der Waals surface area contributed by atoms with Gasteiger partial charge in [0.05, 0.1) is 0 Å². The van der Waals surface area contributed by atoms with Crippen molar-refractivity contribution >= 4 is 38.8 Å². The second-order valence-corrected chi connectivity index (χ2v) is 7.95. The summed E-state index contributed by atoms with van der Waals surface area (Å²) < 4.78 is 11.7. The van der Waals surface area contributed by atoms with Gasteiger partial charge in [-0.15, -0.1) is 0 Å². The van der Waals surface area contributed by atoms with Crippen LogP contribution in [0.4, 0.5) is 0 Å². The van der Waals surface area contributed by atoms with Gasteiger partial charge in [0.2, 0.25) is 0 Å².